The smallest absolute Gasteiger partial charge is 0.236 e. The lowest BCUT2D eigenvalue weighted by Gasteiger charge is -2.16. The second-order valence-corrected chi connectivity index (χ2v) is 7.13. The lowest BCUT2D eigenvalue weighted by molar-refractivity contribution is -0.113. The van der Waals surface area contributed by atoms with E-state index in [1.54, 1.807) is 20.1 Å². The molecule has 0 aliphatic carbocycles. The zero-order valence-corrected chi connectivity index (χ0v) is 17.5. The van der Waals surface area contributed by atoms with Crippen molar-refractivity contribution in [1.29, 1.82) is 0 Å². The van der Waals surface area contributed by atoms with Crippen LogP contribution in [0.15, 0.2) is 40.0 Å². The average molecular weight is 417 g/mol. The minimum absolute atomic E-state index is 0.176. The largest absolute Gasteiger partial charge is 0.497 e. The standard InChI is InChI=1S/C19H23N5O4S/c1-5-24-18(13(3)27-15-8-6-7-14(10-15)26-4)21-22-19(24)29-11-17(25)20-16-9-12(2)28-23-16/h6-10,13H,5,11H2,1-4H3,(H,20,23,25). The number of methoxy groups -OCH3 is 1. The summed E-state index contributed by atoms with van der Waals surface area (Å²) in [5, 5.41) is 15.6. The number of nitrogens with zero attached hydrogens (tertiary/aromatic N) is 4. The van der Waals surface area contributed by atoms with Gasteiger partial charge in [-0.25, -0.2) is 0 Å². The number of benzene rings is 1. The van der Waals surface area contributed by atoms with E-state index in [1.165, 1.54) is 11.8 Å². The summed E-state index contributed by atoms with van der Waals surface area (Å²) < 4.78 is 18.1. The molecule has 0 aliphatic heterocycles. The predicted molar refractivity (Wildman–Crippen MR) is 108 cm³/mol. The number of thioether (sulfide) groups is 1. The van der Waals surface area contributed by atoms with Crippen LogP contribution < -0.4 is 14.8 Å². The first-order valence-electron chi connectivity index (χ1n) is 9.10. The van der Waals surface area contributed by atoms with Gasteiger partial charge in [-0.05, 0) is 32.9 Å². The number of aromatic nitrogens is 4. The molecule has 1 atom stereocenters. The van der Waals surface area contributed by atoms with E-state index in [0.29, 0.717) is 34.9 Å². The Hall–Kier alpha value is -3.01. The molecule has 154 valence electrons. The number of rotatable bonds is 9. The molecule has 1 unspecified atom stereocenters. The van der Waals surface area contributed by atoms with E-state index < -0.39 is 0 Å². The summed E-state index contributed by atoms with van der Waals surface area (Å²) >= 11 is 1.30. The van der Waals surface area contributed by atoms with Gasteiger partial charge in [-0.15, -0.1) is 10.2 Å². The van der Waals surface area contributed by atoms with Gasteiger partial charge in [0.25, 0.3) is 0 Å². The van der Waals surface area contributed by atoms with Crippen LogP contribution in [-0.4, -0.2) is 38.7 Å². The van der Waals surface area contributed by atoms with Crippen LogP contribution in [0.4, 0.5) is 5.82 Å². The van der Waals surface area contributed by atoms with Crippen molar-refractivity contribution < 1.29 is 18.8 Å². The molecule has 0 saturated carbocycles. The Labute approximate surface area is 172 Å². The highest BCUT2D eigenvalue weighted by Crippen LogP contribution is 2.26. The molecule has 0 fully saturated rings. The number of ether oxygens (including phenoxy) is 2. The van der Waals surface area contributed by atoms with Gasteiger partial charge in [0, 0.05) is 18.7 Å². The Bertz CT molecular complexity index is 971. The van der Waals surface area contributed by atoms with Crippen molar-refractivity contribution >= 4 is 23.5 Å². The van der Waals surface area contributed by atoms with Gasteiger partial charge >= 0.3 is 0 Å². The first kappa shape index (κ1) is 20.7. The van der Waals surface area contributed by atoms with Crippen molar-refractivity contribution in [2.24, 2.45) is 0 Å². The molecule has 2 heterocycles. The molecule has 29 heavy (non-hydrogen) atoms. The third-order valence-electron chi connectivity index (χ3n) is 4.01. The highest BCUT2D eigenvalue weighted by Gasteiger charge is 2.20. The first-order valence-corrected chi connectivity index (χ1v) is 10.1. The van der Waals surface area contributed by atoms with Gasteiger partial charge in [-0.3, -0.25) is 4.79 Å². The van der Waals surface area contributed by atoms with Crippen molar-refractivity contribution in [3.8, 4) is 11.5 Å². The summed E-state index contributed by atoms with van der Waals surface area (Å²) in [5.41, 5.74) is 0. The minimum Gasteiger partial charge on any atom is -0.497 e. The molecule has 0 spiro atoms. The number of hydrogen-bond acceptors (Lipinski definition) is 8. The maximum Gasteiger partial charge on any atom is 0.236 e. The zero-order chi connectivity index (χ0) is 20.8. The van der Waals surface area contributed by atoms with E-state index >= 15 is 0 Å². The highest BCUT2D eigenvalue weighted by molar-refractivity contribution is 7.99. The van der Waals surface area contributed by atoms with E-state index in [9.17, 15) is 4.79 Å². The zero-order valence-electron chi connectivity index (χ0n) is 16.7. The van der Waals surface area contributed by atoms with Crippen LogP contribution in [0.5, 0.6) is 11.5 Å². The van der Waals surface area contributed by atoms with Crippen molar-refractivity contribution in [1.82, 2.24) is 19.9 Å². The van der Waals surface area contributed by atoms with Crippen molar-refractivity contribution in [2.45, 2.75) is 38.6 Å². The van der Waals surface area contributed by atoms with E-state index in [0.717, 1.165) is 5.75 Å². The third kappa shape index (κ3) is 5.29. The van der Waals surface area contributed by atoms with Crippen molar-refractivity contribution in [3.05, 3.63) is 41.9 Å². The molecule has 9 nitrogen and oxygen atoms in total. The lowest BCUT2D eigenvalue weighted by Crippen LogP contribution is -2.15. The Morgan fingerprint density at radius 3 is 2.79 bits per heavy atom. The van der Waals surface area contributed by atoms with Crippen molar-refractivity contribution in [3.63, 3.8) is 0 Å². The number of carbonyl (C=O) groups is 1. The second-order valence-electron chi connectivity index (χ2n) is 6.18. The normalized spacial score (nSPS) is 11.9. The number of amides is 1. The Balaban J connectivity index is 1.63. The SMILES string of the molecule is CCn1c(SCC(=O)Nc2cc(C)on2)nnc1C(C)Oc1cccc(OC)c1. The molecule has 10 heteroatoms. The van der Waals surface area contributed by atoms with Crippen molar-refractivity contribution in [2.75, 3.05) is 18.2 Å². The maximum atomic E-state index is 12.1. The monoisotopic (exact) mass is 417 g/mol. The first-order chi connectivity index (χ1) is 14.0. The van der Waals surface area contributed by atoms with E-state index in [2.05, 4.69) is 20.7 Å². The minimum atomic E-state index is -0.323. The van der Waals surface area contributed by atoms with Gasteiger partial charge in [0.05, 0.1) is 12.9 Å². The molecule has 1 aromatic carbocycles. The van der Waals surface area contributed by atoms with E-state index in [-0.39, 0.29) is 17.8 Å². The summed E-state index contributed by atoms with van der Waals surface area (Å²) in [6.07, 6.45) is -0.323. The molecule has 1 amide bonds. The fraction of sp³-hybridized carbons (Fsp3) is 0.368. The average Bonchev–Trinajstić information content (AvgIpc) is 3.31. The van der Waals surface area contributed by atoms with Crippen LogP contribution >= 0.6 is 11.8 Å². The van der Waals surface area contributed by atoms with Gasteiger partial charge < -0.3 is 23.9 Å². The van der Waals surface area contributed by atoms with Gasteiger partial charge in [0.1, 0.15) is 17.3 Å². The number of anilines is 1. The molecule has 0 aliphatic rings. The van der Waals surface area contributed by atoms with Gasteiger partial charge in [0.15, 0.2) is 22.9 Å². The maximum absolute atomic E-state index is 12.1. The number of aryl methyl sites for hydroxylation is 1. The molecule has 2 aromatic heterocycles. The predicted octanol–water partition coefficient (Wildman–Crippen LogP) is 3.47. The molecular weight excluding hydrogens is 394 g/mol. The molecular formula is C19H23N5O4S. The van der Waals surface area contributed by atoms with Crippen LogP contribution in [-0.2, 0) is 11.3 Å². The Morgan fingerprint density at radius 1 is 1.31 bits per heavy atom. The fourth-order valence-electron chi connectivity index (χ4n) is 2.67. The number of hydrogen-bond donors (Lipinski definition) is 1. The lowest BCUT2D eigenvalue weighted by atomic mass is 10.3. The van der Waals surface area contributed by atoms with Gasteiger partial charge in [0.2, 0.25) is 5.91 Å². The fourth-order valence-corrected chi connectivity index (χ4v) is 3.48. The molecule has 3 aromatic rings. The molecule has 3 rings (SSSR count). The van der Waals surface area contributed by atoms with Crippen LogP contribution in [0.3, 0.4) is 0 Å². The van der Waals surface area contributed by atoms with Gasteiger partial charge in [-0.1, -0.05) is 23.0 Å². The van der Waals surface area contributed by atoms with Gasteiger partial charge in [-0.2, -0.15) is 0 Å². The molecule has 1 N–H and O–H groups in total. The van der Waals surface area contributed by atoms with Crippen LogP contribution in [0, 0.1) is 6.92 Å². The summed E-state index contributed by atoms with van der Waals surface area (Å²) in [5.74, 6) is 3.09. The second kappa shape index (κ2) is 9.46. The topological polar surface area (TPSA) is 104 Å². The van der Waals surface area contributed by atoms with Crippen LogP contribution in [0.1, 0.15) is 31.5 Å². The van der Waals surface area contributed by atoms with E-state index in [1.807, 2.05) is 42.7 Å². The van der Waals surface area contributed by atoms with E-state index in [4.69, 9.17) is 14.0 Å². The Morgan fingerprint density at radius 2 is 2.10 bits per heavy atom. The quantitative estimate of drug-likeness (QED) is 0.528. The molecule has 0 bridgehead atoms. The summed E-state index contributed by atoms with van der Waals surface area (Å²) in [7, 11) is 1.61. The summed E-state index contributed by atoms with van der Waals surface area (Å²) in [6.45, 7) is 6.31. The molecule has 0 saturated heterocycles. The van der Waals surface area contributed by atoms with Crippen LogP contribution in [0.2, 0.25) is 0 Å². The Kier molecular flexibility index (Phi) is 6.76. The summed E-state index contributed by atoms with van der Waals surface area (Å²) in [4.78, 5) is 12.1. The van der Waals surface area contributed by atoms with Crippen LogP contribution in [0.25, 0.3) is 0 Å². The third-order valence-corrected chi connectivity index (χ3v) is 4.97. The highest BCUT2D eigenvalue weighted by atomic mass is 32.2. The number of nitrogens with one attached hydrogen (secondary N) is 1. The number of carbonyl (C=O) groups excluding carboxylic acids is 1. The molecule has 0 radical (unpaired) electrons. The summed E-state index contributed by atoms with van der Waals surface area (Å²) in [6, 6.07) is 9.05.